The molecule has 3 aromatic carbocycles. The third kappa shape index (κ3) is 4.39. The van der Waals surface area contributed by atoms with Gasteiger partial charge < -0.3 is 0 Å². The average Bonchev–Trinajstić information content (AvgIpc) is 2.64. The maximum absolute atomic E-state index is 12.5. The summed E-state index contributed by atoms with van der Waals surface area (Å²) in [7, 11) is -3.74. The summed E-state index contributed by atoms with van der Waals surface area (Å²) in [5.41, 5.74) is 3.17. The minimum Gasteiger partial charge on any atom is -0.200 e. The zero-order valence-electron chi connectivity index (χ0n) is 14.1. The molecule has 0 aliphatic rings. The fourth-order valence-electron chi connectivity index (χ4n) is 2.38. The highest BCUT2D eigenvalue weighted by molar-refractivity contribution is 9.10. The normalized spacial score (nSPS) is 12.0. The van der Waals surface area contributed by atoms with E-state index in [1.54, 1.807) is 24.3 Å². The van der Waals surface area contributed by atoms with Crippen molar-refractivity contribution in [2.75, 3.05) is 0 Å². The van der Waals surface area contributed by atoms with E-state index in [4.69, 9.17) is 0 Å². The lowest BCUT2D eigenvalue weighted by atomic mass is 10.0. The lowest BCUT2D eigenvalue weighted by Crippen LogP contribution is -2.21. The summed E-state index contributed by atoms with van der Waals surface area (Å²) in [6, 6.07) is 23.6. The molecule has 4 nitrogen and oxygen atoms in total. The van der Waals surface area contributed by atoms with Gasteiger partial charge in [0.25, 0.3) is 10.0 Å². The van der Waals surface area contributed by atoms with Crippen molar-refractivity contribution in [3.63, 3.8) is 0 Å². The summed E-state index contributed by atoms with van der Waals surface area (Å²) in [5.74, 6) is 0. The number of nitrogens with zero attached hydrogens (tertiary/aromatic N) is 1. The molecule has 0 bridgehead atoms. The second kappa shape index (κ2) is 7.85. The Hall–Kier alpha value is -2.44. The SMILES string of the molecule is Cc1ccc(S(=O)(=O)NN=C(c2ccccc2)c2ccc(Br)cc2)cc1. The van der Waals surface area contributed by atoms with Crippen molar-refractivity contribution in [2.24, 2.45) is 5.10 Å². The first-order valence-electron chi connectivity index (χ1n) is 7.93. The number of hydrogen-bond acceptors (Lipinski definition) is 3. The third-order valence-corrected chi connectivity index (χ3v) is 5.53. The van der Waals surface area contributed by atoms with Gasteiger partial charge in [-0.15, -0.1) is 0 Å². The van der Waals surface area contributed by atoms with Crippen molar-refractivity contribution < 1.29 is 8.42 Å². The van der Waals surface area contributed by atoms with Crippen LogP contribution in [0.25, 0.3) is 0 Å². The van der Waals surface area contributed by atoms with Crippen molar-refractivity contribution in [1.82, 2.24) is 4.83 Å². The predicted molar refractivity (Wildman–Crippen MR) is 108 cm³/mol. The van der Waals surface area contributed by atoms with Gasteiger partial charge in [0, 0.05) is 15.6 Å². The van der Waals surface area contributed by atoms with Crippen LogP contribution in [0.3, 0.4) is 0 Å². The Morgan fingerprint density at radius 2 is 1.42 bits per heavy atom. The van der Waals surface area contributed by atoms with E-state index in [9.17, 15) is 8.42 Å². The second-order valence-electron chi connectivity index (χ2n) is 5.74. The van der Waals surface area contributed by atoms with E-state index in [0.29, 0.717) is 5.71 Å². The molecule has 132 valence electrons. The molecule has 3 rings (SSSR count). The summed E-state index contributed by atoms with van der Waals surface area (Å²) in [5, 5.41) is 4.23. The van der Waals surface area contributed by atoms with Crippen LogP contribution in [0.5, 0.6) is 0 Å². The van der Waals surface area contributed by atoms with Gasteiger partial charge in [-0.25, -0.2) is 0 Å². The number of hydrazone groups is 1. The monoisotopic (exact) mass is 428 g/mol. The third-order valence-electron chi connectivity index (χ3n) is 3.77. The Balaban J connectivity index is 1.99. The van der Waals surface area contributed by atoms with Gasteiger partial charge in [0.15, 0.2) is 0 Å². The predicted octanol–water partition coefficient (Wildman–Crippen LogP) is 4.49. The first kappa shape index (κ1) is 18.4. The van der Waals surface area contributed by atoms with E-state index in [1.165, 1.54) is 0 Å². The molecule has 0 saturated carbocycles. The fourth-order valence-corrected chi connectivity index (χ4v) is 3.45. The molecule has 0 aromatic heterocycles. The zero-order valence-corrected chi connectivity index (χ0v) is 16.5. The molecule has 0 aliphatic carbocycles. The van der Waals surface area contributed by atoms with Gasteiger partial charge in [0.05, 0.1) is 10.6 Å². The summed E-state index contributed by atoms with van der Waals surface area (Å²) < 4.78 is 26.0. The van der Waals surface area contributed by atoms with E-state index in [1.807, 2.05) is 61.5 Å². The van der Waals surface area contributed by atoms with Gasteiger partial charge in [-0.1, -0.05) is 76.1 Å². The zero-order chi connectivity index (χ0) is 18.6. The standard InChI is InChI=1S/C20H17BrN2O2S/c1-15-7-13-19(14-8-15)26(24,25)23-22-20(16-5-3-2-4-6-16)17-9-11-18(21)12-10-17/h2-14,23H,1H3. The molecule has 0 unspecified atom stereocenters. The second-order valence-corrected chi connectivity index (χ2v) is 8.32. The molecule has 3 aromatic rings. The number of sulfonamides is 1. The minimum atomic E-state index is -3.74. The van der Waals surface area contributed by atoms with Crippen LogP contribution in [0, 0.1) is 6.92 Å². The first-order valence-corrected chi connectivity index (χ1v) is 10.2. The van der Waals surface area contributed by atoms with Crippen LogP contribution < -0.4 is 4.83 Å². The van der Waals surface area contributed by atoms with Gasteiger partial charge in [0.1, 0.15) is 0 Å². The van der Waals surface area contributed by atoms with Gasteiger partial charge in [-0.3, -0.25) is 0 Å². The van der Waals surface area contributed by atoms with Crippen LogP contribution in [0.1, 0.15) is 16.7 Å². The van der Waals surface area contributed by atoms with Crippen LogP contribution >= 0.6 is 15.9 Å². The molecule has 0 amide bonds. The Labute approximate surface area is 161 Å². The number of aryl methyl sites for hydroxylation is 1. The number of rotatable bonds is 5. The molecule has 26 heavy (non-hydrogen) atoms. The van der Waals surface area contributed by atoms with Crippen molar-refractivity contribution in [3.8, 4) is 0 Å². The van der Waals surface area contributed by atoms with Crippen LogP contribution in [-0.2, 0) is 10.0 Å². The van der Waals surface area contributed by atoms with E-state index in [-0.39, 0.29) is 4.90 Å². The molecule has 6 heteroatoms. The summed E-state index contributed by atoms with van der Waals surface area (Å²) in [4.78, 5) is 2.53. The largest absolute Gasteiger partial charge is 0.276 e. The molecule has 0 radical (unpaired) electrons. The number of hydrogen-bond donors (Lipinski definition) is 1. The van der Waals surface area contributed by atoms with Crippen molar-refractivity contribution in [3.05, 3.63) is 100 Å². The van der Waals surface area contributed by atoms with E-state index < -0.39 is 10.0 Å². The highest BCUT2D eigenvalue weighted by Gasteiger charge is 2.14. The summed E-state index contributed by atoms with van der Waals surface area (Å²) >= 11 is 3.41. The highest BCUT2D eigenvalue weighted by Crippen LogP contribution is 2.16. The molecule has 0 saturated heterocycles. The topological polar surface area (TPSA) is 58.5 Å². The molecule has 0 heterocycles. The first-order chi connectivity index (χ1) is 12.5. The molecular weight excluding hydrogens is 412 g/mol. The van der Waals surface area contributed by atoms with Crippen LogP contribution in [-0.4, -0.2) is 14.1 Å². The van der Waals surface area contributed by atoms with Gasteiger partial charge in [-0.05, 0) is 31.2 Å². The number of nitrogens with one attached hydrogen (secondary N) is 1. The smallest absolute Gasteiger partial charge is 0.200 e. The lowest BCUT2D eigenvalue weighted by molar-refractivity contribution is 0.584. The minimum absolute atomic E-state index is 0.176. The van der Waals surface area contributed by atoms with Gasteiger partial charge in [0.2, 0.25) is 0 Å². The maximum Gasteiger partial charge on any atom is 0.276 e. The summed E-state index contributed by atoms with van der Waals surface area (Å²) in [6.07, 6.45) is 0. The van der Waals surface area contributed by atoms with Crippen molar-refractivity contribution in [1.29, 1.82) is 0 Å². The fraction of sp³-hybridized carbons (Fsp3) is 0.0500. The molecule has 0 aliphatic heterocycles. The quantitative estimate of drug-likeness (QED) is 0.480. The average molecular weight is 429 g/mol. The Bertz CT molecular complexity index is 1010. The molecule has 0 spiro atoms. The molecule has 0 fully saturated rings. The Morgan fingerprint density at radius 1 is 0.846 bits per heavy atom. The van der Waals surface area contributed by atoms with Crippen LogP contribution in [0.4, 0.5) is 0 Å². The number of halogens is 1. The Kier molecular flexibility index (Phi) is 5.54. The van der Waals surface area contributed by atoms with Crippen molar-refractivity contribution >= 4 is 31.7 Å². The van der Waals surface area contributed by atoms with E-state index in [2.05, 4.69) is 25.9 Å². The van der Waals surface area contributed by atoms with Crippen LogP contribution in [0.15, 0.2) is 93.3 Å². The van der Waals surface area contributed by atoms with Gasteiger partial charge >= 0.3 is 0 Å². The lowest BCUT2D eigenvalue weighted by Gasteiger charge is -2.09. The molecular formula is C20H17BrN2O2S. The Morgan fingerprint density at radius 3 is 2.04 bits per heavy atom. The highest BCUT2D eigenvalue weighted by atomic mass is 79.9. The number of benzene rings is 3. The molecule has 0 atom stereocenters. The molecule has 1 N–H and O–H groups in total. The van der Waals surface area contributed by atoms with E-state index >= 15 is 0 Å². The van der Waals surface area contributed by atoms with E-state index in [0.717, 1.165) is 21.2 Å². The van der Waals surface area contributed by atoms with Crippen LogP contribution in [0.2, 0.25) is 0 Å². The van der Waals surface area contributed by atoms with Crippen molar-refractivity contribution in [2.45, 2.75) is 11.8 Å². The summed E-state index contributed by atoms with van der Waals surface area (Å²) in [6.45, 7) is 1.91. The van der Waals surface area contributed by atoms with Gasteiger partial charge in [-0.2, -0.15) is 18.4 Å². The maximum atomic E-state index is 12.5.